The Morgan fingerprint density at radius 3 is 2.50 bits per heavy atom. The van der Waals surface area contributed by atoms with Crippen LogP contribution < -0.4 is 5.01 Å². The van der Waals surface area contributed by atoms with E-state index in [2.05, 4.69) is 13.5 Å². The van der Waals surface area contributed by atoms with Crippen molar-refractivity contribution in [1.29, 1.82) is 0 Å². The van der Waals surface area contributed by atoms with Crippen LogP contribution in [0.3, 0.4) is 0 Å². The lowest BCUT2D eigenvalue weighted by Crippen LogP contribution is -2.60. The van der Waals surface area contributed by atoms with Gasteiger partial charge in [0.2, 0.25) is 0 Å². The summed E-state index contributed by atoms with van der Waals surface area (Å²) in [6.07, 6.45) is 4.57. The highest BCUT2D eigenvalue weighted by Crippen LogP contribution is 2.34. The number of hydrogen-bond acceptors (Lipinski definition) is 1. The number of fused-ring (bicyclic) bond motifs is 1. The summed E-state index contributed by atoms with van der Waals surface area (Å²) >= 11 is 0. The summed E-state index contributed by atoms with van der Waals surface area (Å²) in [6.45, 7) is 8.17. The number of aromatic nitrogens is 1. The smallest absolute Gasteiger partial charge is 0.267 e. The Bertz CT molecular complexity index is 672. The van der Waals surface area contributed by atoms with Crippen LogP contribution in [-0.4, -0.2) is 16.1 Å². The predicted molar refractivity (Wildman–Crippen MR) is 80.3 cm³/mol. The molecule has 0 saturated carbocycles. The van der Waals surface area contributed by atoms with Gasteiger partial charge in [0.25, 0.3) is 5.91 Å². The molecule has 0 radical (unpaired) electrons. The maximum absolute atomic E-state index is 12.9. The number of carbonyl (C=O) groups excluding carboxylic acids is 1. The van der Waals surface area contributed by atoms with Crippen molar-refractivity contribution >= 4 is 5.91 Å². The second-order valence-electron chi connectivity index (χ2n) is 5.57. The maximum Gasteiger partial charge on any atom is 0.273 e. The van der Waals surface area contributed by atoms with Crippen LogP contribution in [-0.2, 0) is 6.42 Å². The molecule has 2 aromatic rings. The average Bonchev–Trinajstić information content (AvgIpc) is 2.92. The monoisotopic (exact) mass is 266 g/mol. The molecule has 1 aromatic carbocycles. The fourth-order valence-corrected chi connectivity index (χ4v) is 2.82. The van der Waals surface area contributed by atoms with Crippen molar-refractivity contribution in [3.8, 4) is 0 Å². The molecule has 0 bridgehead atoms. The molecule has 0 fully saturated rings. The van der Waals surface area contributed by atoms with Gasteiger partial charge in [-0.15, -0.1) is 0 Å². The largest absolute Gasteiger partial charge is 0.273 e. The Kier molecular flexibility index (Phi) is 2.78. The first kappa shape index (κ1) is 12.7. The van der Waals surface area contributed by atoms with Crippen LogP contribution in [0.2, 0.25) is 0 Å². The Labute approximate surface area is 119 Å². The van der Waals surface area contributed by atoms with Crippen LogP contribution in [0.4, 0.5) is 0 Å². The number of nitrogens with zero attached hydrogens (tertiary/aromatic N) is 2. The average molecular weight is 266 g/mol. The van der Waals surface area contributed by atoms with Gasteiger partial charge < -0.3 is 0 Å². The summed E-state index contributed by atoms with van der Waals surface area (Å²) in [7, 11) is 0. The minimum atomic E-state index is -0.412. The van der Waals surface area contributed by atoms with Crippen molar-refractivity contribution in [2.24, 2.45) is 0 Å². The van der Waals surface area contributed by atoms with Crippen LogP contribution >= 0.6 is 0 Å². The van der Waals surface area contributed by atoms with Crippen LogP contribution in [0.25, 0.3) is 0 Å². The topological polar surface area (TPSA) is 25.2 Å². The Hall–Kier alpha value is -2.29. The molecule has 1 atom stereocenters. The summed E-state index contributed by atoms with van der Waals surface area (Å²) in [5.74, 6) is 0.0218. The minimum Gasteiger partial charge on any atom is -0.267 e. The molecule has 0 saturated heterocycles. The SMILES string of the molecule is C=C(C)C1(C)Cc2ccccc2C(=O)N1n1cccc1. The summed E-state index contributed by atoms with van der Waals surface area (Å²) in [6, 6.07) is 11.7. The van der Waals surface area contributed by atoms with Gasteiger partial charge in [0, 0.05) is 24.4 Å². The molecule has 20 heavy (non-hydrogen) atoms. The Balaban J connectivity index is 2.20. The van der Waals surface area contributed by atoms with E-state index in [4.69, 9.17) is 0 Å². The zero-order valence-corrected chi connectivity index (χ0v) is 11.8. The molecule has 0 aliphatic carbocycles. The molecular weight excluding hydrogens is 248 g/mol. The van der Waals surface area contributed by atoms with E-state index in [0.29, 0.717) is 0 Å². The lowest BCUT2D eigenvalue weighted by Gasteiger charge is -2.46. The van der Waals surface area contributed by atoms with E-state index >= 15 is 0 Å². The standard InChI is InChI=1S/C17H18N2O/c1-13(2)17(3)12-14-8-4-5-9-15(14)16(20)19(17)18-10-6-7-11-18/h4-11H,1,12H2,2-3H3. The summed E-state index contributed by atoms with van der Waals surface area (Å²) < 4.78 is 1.85. The first-order valence-corrected chi connectivity index (χ1v) is 6.76. The molecule has 1 aliphatic rings. The zero-order chi connectivity index (χ0) is 14.3. The van der Waals surface area contributed by atoms with Gasteiger partial charge in [0.05, 0.1) is 5.54 Å². The van der Waals surface area contributed by atoms with E-state index < -0.39 is 5.54 Å². The Morgan fingerprint density at radius 1 is 1.20 bits per heavy atom. The van der Waals surface area contributed by atoms with Gasteiger partial charge in [-0.25, -0.2) is 5.01 Å². The zero-order valence-electron chi connectivity index (χ0n) is 11.8. The number of amides is 1. The first-order valence-electron chi connectivity index (χ1n) is 6.76. The third-order valence-corrected chi connectivity index (χ3v) is 4.18. The fourth-order valence-electron chi connectivity index (χ4n) is 2.82. The first-order chi connectivity index (χ1) is 9.54. The van der Waals surface area contributed by atoms with E-state index in [0.717, 1.165) is 23.1 Å². The molecule has 1 amide bonds. The third-order valence-electron chi connectivity index (χ3n) is 4.18. The quantitative estimate of drug-likeness (QED) is 0.766. The molecule has 1 unspecified atom stereocenters. The highest BCUT2D eigenvalue weighted by Gasteiger charge is 2.43. The van der Waals surface area contributed by atoms with E-state index in [1.807, 2.05) is 60.4 Å². The van der Waals surface area contributed by atoms with Crippen LogP contribution in [0, 0.1) is 0 Å². The van der Waals surface area contributed by atoms with E-state index in [9.17, 15) is 4.79 Å². The van der Waals surface area contributed by atoms with Gasteiger partial charge >= 0.3 is 0 Å². The van der Waals surface area contributed by atoms with Gasteiger partial charge in [-0.1, -0.05) is 30.4 Å². The molecule has 1 aliphatic heterocycles. The fraction of sp³-hybridized carbons (Fsp3) is 0.235. The van der Waals surface area contributed by atoms with Crippen molar-refractivity contribution in [2.45, 2.75) is 25.8 Å². The van der Waals surface area contributed by atoms with Crippen molar-refractivity contribution in [2.75, 3.05) is 5.01 Å². The van der Waals surface area contributed by atoms with Crippen LogP contribution in [0.5, 0.6) is 0 Å². The van der Waals surface area contributed by atoms with Gasteiger partial charge in [-0.3, -0.25) is 9.47 Å². The molecule has 2 heterocycles. The van der Waals surface area contributed by atoms with E-state index in [1.54, 1.807) is 5.01 Å². The molecule has 3 heteroatoms. The molecule has 1 aromatic heterocycles. The van der Waals surface area contributed by atoms with Gasteiger partial charge in [0.15, 0.2) is 0 Å². The van der Waals surface area contributed by atoms with Gasteiger partial charge in [-0.2, -0.15) is 0 Å². The molecular formula is C17H18N2O. The number of carbonyl (C=O) groups is 1. The highest BCUT2D eigenvalue weighted by molar-refractivity contribution is 6.05. The lowest BCUT2D eigenvalue weighted by molar-refractivity contribution is 0.0912. The second-order valence-corrected chi connectivity index (χ2v) is 5.57. The molecule has 0 spiro atoms. The summed E-state index contributed by atoms with van der Waals surface area (Å²) in [5.41, 5.74) is 2.44. The van der Waals surface area contributed by atoms with Crippen molar-refractivity contribution in [3.63, 3.8) is 0 Å². The normalized spacial score (nSPS) is 21.7. The summed E-state index contributed by atoms with van der Waals surface area (Å²) in [5, 5.41) is 1.80. The van der Waals surface area contributed by atoms with Crippen molar-refractivity contribution in [3.05, 3.63) is 72.1 Å². The second kappa shape index (κ2) is 4.37. The van der Waals surface area contributed by atoms with Gasteiger partial charge in [0.1, 0.15) is 0 Å². The number of hydrogen-bond donors (Lipinski definition) is 0. The number of rotatable bonds is 2. The van der Waals surface area contributed by atoms with E-state index in [1.165, 1.54) is 0 Å². The van der Waals surface area contributed by atoms with Crippen LogP contribution in [0.15, 0.2) is 60.9 Å². The van der Waals surface area contributed by atoms with Crippen molar-refractivity contribution < 1.29 is 4.79 Å². The van der Waals surface area contributed by atoms with Crippen LogP contribution in [0.1, 0.15) is 29.8 Å². The van der Waals surface area contributed by atoms with E-state index in [-0.39, 0.29) is 5.91 Å². The van der Waals surface area contributed by atoms with Crippen molar-refractivity contribution in [1.82, 2.24) is 4.68 Å². The minimum absolute atomic E-state index is 0.0218. The molecule has 3 nitrogen and oxygen atoms in total. The lowest BCUT2D eigenvalue weighted by atomic mass is 9.81. The van der Waals surface area contributed by atoms with Gasteiger partial charge in [-0.05, 0) is 37.6 Å². The Morgan fingerprint density at radius 2 is 1.85 bits per heavy atom. The highest BCUT2D eigenvalue weighted by atomic mass is 16.2. The summed E-state index contributed by atoms with van der Waals surface area (Å²) in [4.78, 5) is 12.9. The third kappa shape index (κ3) is 1.70. The maximum atomic E-state index is 12.9. The molecule has 0 N–H and O–H groups in total. The molecule has 102 valence electrons. The molecule has 3 rings (SSSR count). The predicted octanol–water partition coefficient (Wildman–Crippen LogP) is 3.16. The number of benzene rings is 1.